The number of unbranched alkanes of at least 4 members (excludes halogenated alkanes) is 2. The summed E-state index contributed by atoms with van der Waals surface area (Å²) < 4.78 is 10.5. The van der Waals surface area contributed by atoms with Crippen molar-refractivity contribution in [3.05, 3.63) is 60.2 Å². The van der Waals surface area contributed by atoms with E-state index in [4.69, 9.17) is 9.47 Å². The maximum Gasteiger partial charge on any atom is 0.408 e. The van der Waals surface area contributed by atoms with Gasteiger partial charge in [0, 0.05) is 18.0 Å². The van der Waals surface area contributed by atoms with Crippen LogP contribution >= 0.6 is 12.6 Å². The van der Waals surface area contributed by atoms with Gasteiger partial charge in [-0.15, -0.1) is 0 Å². The van der Waals surface area contributed by atoms with E-state index in [2.05, 4.69) is 30.2 Å². The van der Waals surface area contributed by atoms with Gasteiger partial charge in [0.2, 0.25) is 5.91 Å². The van der Waals surface area contributed by atoms with Gasteiger partial charge in [-0.2, -0.15) is 12.6 Å². The topological polar surface area (TPSA) is 97.0 Å². The maximum atomic E-state index is 13.8. The van der Waals surface area contributed by atoms with Crippen LogP contribution in [0.15, 0.2) is 54.6 Å². The van der Waals surface area contributed by atoms with Crippen molar-refractivity contribution in [2.24, 2.45) is 0 Å². The molecule has 0 radical (unpaired) electrons. The fourth-order valence-electron chi connectivity index (χ4n) is 3.73. The molecule has 2 aromatic carbocycles. The highest BCUT2D eigenvalue weighted by Crippen LogP contribution is 2.26. The lowest BCUT2D eigenvalue weighted by Gasteiger charge is -2.34. The molecule has 2 N–H and O–H groups in total. The Balaban J connectivity index is 2.40. The van der Waals surface area contributed by atoms with Gasteiger partial charge in [0.1, 0.15) is 23.4 Å². The van der Waals surface area contributed by atoms with Crippen LogP contribution in [0.2, 0.25) is 0 Å². The highest BCUT2D eigenvalue weighted by Gasteiger charge is 2.35. The van der Waals surface area contributed by atoms with Crippen molar-refractivity contribution in [3.8, 4) is 5.75 Å². The molecule has 2 atom stereocenters. The average molecular weight is 530 g/mol. The zero-order valence-electron chi connectivity index (χ0n) is 22.3. The number of thiol groups is 1. The van der Waals surface area contributed by atoms with Crippen LogP contribution in [0.4, 0.5) is 10.5 Å². The van der Waals surface area contributed by atoms with E-state index in [0.717, 1.165) is 12.8 Å². The van der Waals surface area contributed by atoms with Crippen LogP contribution in [-0.2, 0) is 14.3 Å². The minimum atomic E-state index is -0.972. The summed E-state index contributed by atoms with van der Waals surface area (Å²) in [6.45, 7) is 7.64. The smallest absolute Gasteiger partial charge is 0.408 e. The molecule has 202 valence electrons. The first-order valence-corrected chi connectivity index (χ1v) is 13.1. The van der Waals surface area contributed by atoms with E-state index < -0.39 is 29.7 Å². The monoisotopic (exact) mass is 529 g/mol. The lowest BCUT2D eigenvalue weighted by atomic mass is 10.0. The van der Waals surface area contributed by atoms with Gasteiger partial charge in [-0.1, -0.05) is 50.1 Å². The van der Waals surface area contributed by atoms with Crippen molar-refractivity contribution in [1.82, 2.24) is 10.2 Å². The van der Waals surface area contributed by atoms with Crippen LogP contribution in [0.1, 0.15) is 58.6 Å². The molecule has 37 heavy (non-hydrogen) atoms. The van der Waals surface area contributed by atoms with Crippen LogP contribution in [-0.4, -0.2) is 53.9 Å². The first-order valence-electron chi connectivity index (χ1n) is 12.5. The molecule has 2 aromatic rings. The maximum absolute atomic E-state index is 13.8. The van der Waals surface area contributed by atoms with E-state index in [1.54, 1.807) is 52.1 Å². The number of hydrogen-bond acceptors (Lipinski definition) is 6. The van der Waals surface area contributed by atoms with Crippen molar-refractivity contribution in [2.75, 3.05) is 24.7 Å². The summed E-state index contributed by atoms with van der Waals surface area (Å²) >= 11 is 4.32. The summed E-state index contributed by atoms with van der Waals surface area (Å²) in [5, 5.41) is 5.55. The van der Waals surface area contributed by atoms with Crippen molar-refractivity contribution >= 4 is 36.2 Å². The second-order valence-electron chi connectivity index (χ2n) is 9.65. The zero-order chi connectivity index (χ0) is 27.4. The van der Waals surface area contributed by atoms with Crippen molar-refractivity contribution in [1.29, 1.82) is 0 Å². The minimum absolute atomic E-state index is 0.0456. The molecule has 9 heteroatoms. The number of nitrogens with zero attached hydrogens (tertiary/aromatic N) is 1. The summed E-state index contributed by atoms with van der Waals surface area (Å²) in [5.74, 6) is -0.0600. The molecule has 0 aliphatic carbocycles. The molecule has 0 saturated carbocycles. The number of nitrogens with one attached hydrogen (secondary N) is 2. The van der Waals surface area contributed by atoms with Gasteiger partial charge in [0.25, 0.3) is 5.91 Å². The number of carbonyl (C=O) groups excluding carboxylic acids is 3. The van der Waals surface area contributed by atoms with Gasteiger partial charge in [0.15, 0.2) is 0 Å². The Kier molecular flexibility index (Phi) is 11.8. The summed E-state index contributed by atoms with van der Waals surface area (Å²) in [4.78, 5) is 41.5. The molecule has 0 aromatic heterocycles. The van der Waals surface area contributed by atoms with Gasteiger partial charge in [-0.05, 0) is 57.0 Å². The largest absolute Gasteiger partial charge is 0.497 e. The number of ether oxygens (including phenoxy) is 2. The van der Waals surface area contributed by atoms with E-state index >= 15 is 0 Å². The number of anilines is 1. The Morgan fingerprint density at radius 2 is 1.65 bits per heavy atom. The molecular formula is C28H39N3O5S. The summed E-state index contributed by atoms with van der Waals surface area (Å²) in [7, 11) is 1.57. The number of methoxy groups -OCH3 is 1. The van der Waals surface area contributed by atoms with E-state index in [1.807, 2.05) is 30.3 Å². The van der Waals surface area contributed by atoms with Crippen LogP contribution in [0.3, 0.4) is 0 Å². The van der Waals surface area contributed by atoms with Gasteiger partial charge >= 0.3 is 6.09 Å². The van der Waals surface area contributed by atoms with Crippen LogP contribution < -0.4 is 15.4 Å². The predicted molar refractivity (Wildman–Crippen MR) is 149 cm³/mol. The molecule has 3 amide bonds. The van der Waals surface area contributed by atoms with E-state index in [9.17, 15) is 14.4 Å². The average Bonchev–Trinajstić information content (AvgIpc) is 2.86. The number of carbonyl (C=O) groups is 3. The van der Waals surface area contributed by atoms with E-state index in [1.165, 1.54) is 4.90 Å². The van der Waals surface area contributed by atoms with Crippen molar-refractivity contribution in [3.63, 3.8) is 0 Å². The molecule has 2 rings (SSSR count). The van der Waals surface area contributed by atoms with Gasteiger partial charge < -0.3 is 25.0 Å². The Labute approximate surface area is 225 Å². The first kappa shape index (κ1) is 30.0. The predicted octanol–water partition coefficient (Wildman–Crippen LogP) is 5.22. The van der Waals surface area contributed by atoms with Crippen LogP contribution in [0, 0.1) is 0 Å². The second-order valence-corrected chi connectivity index (χ2v) is 10.0. The van der Waals surface area contributed by atoms with Crippen LogP contribution in [0.25, 0.3) is 0 Å². The van der Waals surface area contributed by atoms with Crippen molar-refractivity contribution in [2.45, 2.75) is 64.6 Å². The third kappa shape index (κ3) is 9.64. The fraction of sp³-hybridized carbons (Fsp3) is 0.464. The Morgan fingerprint density at radius 1 is 1.00 bits per heavy atom. The molecular weight excluding hydrogens is 490 g/mol. The number of amides is 3. The lowest BCUT2D eigenvalue weighted by molar-refractivity contribution is -0.140. The minimum Gasteiger partial charge on any atom is -0.497 e. The molecule has 0 saturated heterocycles. The SMILES string of the molecule is CCCCCN(C(=O)C(CS)NC(=O)OC(C)(C)C)C(C(=O)Nc1ccc(OC)cc1)c1ccccc1. The lowest BCUT2D eigenvalue weighted by Crippen LogP contribution is -2.53. The van der Waals surface area contributed by atoms with Gasteiger partial charge in [-0.3, -0.25) is 9.59 Å². The number of rotatable bonds is 12. The summed E-state index contributed by atoms with van der Waals surface area (Å²) in [6.07, 6.45) is 1.82. The first-order chi connectivity index (χ1) is 17.6. The Morgan fingerprint density at radius 3 is 2.19 bits per heavy atom. The number of alkyl carbamates (subject to hydrolysis) is 1. The highest BCUT2D eigenvalue weighted by atomic mass is 32.1. The van der Waals surface area contributed by atoms with E-state index in [-0.39, 0.29) is 11.7 Å². The molecule has 0 fully saturated rings. The molecule has 0 heterocycles. The number of hydrogen-bond donors (Lipinski definition) is 3. The Hall–Kier alpha value is -3.20. The van der Waals surface area contributed by atoms with E-state index in [0.29, 0.717) is 30.0 Å². The Bertz CT molecular complexity index is 1010. The molecule has 0 spiro atoms. The standard InChI is InChI=1S/C28H39N3O5S/c1-6-7-11-18-31(26(33)23(19-37)30-27(34)36-28(2,3)4)24(20-12-9-8-10-13-20)25(32)29-21-14-16-22(35-5)17-15-21/h8-10,12-17,23-24,37H,6-7,11,18-19H2,1-5H3,(H,29,32)(H,30,34). The zero-order valence-corrected chi connectivity index (χ0v) is 23.2. The van der Waals surface area contributed by atoms with Gasteiger partial charge in [-0.25, -0.2) is 4.79 Å². The molecule has 2 unspecified atom stereocenters. The van der Waals surface area contributed by atoms with Crippen molar-refractivity contribution < 1.29 is 23.9 Å². The molecule has 0 aliphatic heterocycles. The second kappa shape index (κ2) is 14.5. The summed E-state index contributed by atoms with van der Waals surface area (Å²) in [6, 6.07) is 14.2. The normalized spacial score (nSPS) is 12.7. The fourth-order valence-corrected chi connectivity index (χ4v) is 3.97. The van der Waals surface area contributed by atoms with Gasteiger partial charge in [0.05, 0.1) is 7.11 Å². The third-order valence-corrected chi connectivity index (χ3v) is 5.86. The molecule has 0 aliphatic rings. The summed E-state index contributed by atoms with van der Waals surface area (Å²) in [5.41, 5.74) is 0.513. The highest BCUT2D eigenvalue weighted by molar-refractivity contribution is 7.80. The number of benzene rings is 2. The molecule has 8 nitrogen and oxygen atoms in total. The van der Waals surface area contributed by atoms with Crippen LogP contribution in [0.5, 0.6) is 5.75 Å². The third-order valence-electron chi connectivity index (χ3n) is 5.49. The quantitative estimate of drug-likeness (QED) is 0.259. The molecule has 0 bridgehead atoms.